The molecule has 5 aromatic rings. The zero-order valence-electron chi connectivity index (χ0n) is 19.6. The number of fused-ring (bicyclic) bond motifs is 1. The van der Waals surface area contributed by atoms with Gasteiger partial charge >= 0.3 is 0 Å². The van der Waals surface area contributed by atoms with Gasteiger partial charge in [0, 0.05) is 28.5 Å². The Morgan fingerprint density at radius 3 is 2.66 bits per heavy atom. The Morgan fingerprint density at radius 1 is 1.06 bits per heavy atom. The number of halogens is 1. The summed E-state index contributed by atoms with van der Waals surface area (Å²) in [4.78, 5) is 17.8. The second-order valence-corrected chi connectivity index (χ2v) is 8.79. The Bertz CT molecular complexity index is 1530. The predicted molar refractivity (Wildman–Crippen MR) is 136 cm³/mol. The third-order valence-electron chi connectivity index (χ3n) is 5.80. The molecule has 0 amide bonds. The minimum Gasteiger partial charge on any atom is -0.494 e. The first kappa shape index (κ1) is 22.9. The Balaban J connectivity index is 1.39. The highest BCUT2D eigenvalue weighted by Crippen LogP contribution is 2.25. The van der Waals surface area contributed by atoms with Gasteiger partial charge < -0.3 is 13.7 Å². The van der Waals surface area contributed by atoms with Gasteiger partial charge in [-0.2, -0.15) is 5.10 Å². The number of rotatable bonds is 8. The van der Waals surface area contributed by atoms with E-state index in [2.05, 4.69) is 17.0 Å². The van der Waals surface area contributed by atoms with Gasteiger partial charge in [-0.25, -0.2) is 9.50 Å². The van der Waals surface area contributed by atoms with Crippen LogP contribution in [-0.2, 0) is 6.54 Å². The number of aryl methyl sites for hydroxylation is 1. The molecule has 7 nitrogen and oxygen atoms in total. The molecule has 5 rings (SSSR count). The van der Waals surface area contributed by atoms with Crippen molar-refractivity contribution in [3.8, 4) is 28.5 Å². The molecule has 3 heterocycles. The van der Waals surface area contributed by atoms with Gasteiger partial charge in [0.05, 0.1) is 18.8 Å². The number of hydrogen-bond acceptors (Lipinski definition) is 5. The van der Waals surface area contributed by atoms with Crippen LogP contribution in [0.2, 0.25) is 5.02 Å². The molecule has 0 saturated heterocycles. The molecule has 0 N–H and O–H groups in total. The molecule has 0 fully saturated rings. The lowest BCUT2D eigenvalue weighted by Gasteiger charge is -2.05. The number of ether oxygens (including phenoxy) is 1. The molecular formula is C27H25ClN4O3. The first-order valence-corrected chi connectivity index (χ1v) is 11.9. The van der Waals surface area contributed by atoms with Crippen molar-refractivity contribution >= 4 is 17.1 Å². The third kappa shape index (κ3) is 4.86. The van der Waals surface area contributed by atoms with Crippen LogP contribution >= 0.6 is 11.6 Å². The Hall–Kier alpha value is -3.84. The van der Waals surface area contributed by atoms with E-state index in [0.29, 0.717) is 34.5 Å². The second kappa shape index (κ2) is 9.80. The fraction of sp³-hybridized carbons (Fsp3) is 0.222. The second-order valence-electron chi connectivity index (χ2n) is 8.35. The summed E-state index contributed by atoms with van der Waals surface area (Å²) >= 11 is 6.10. The van der Waals surface area contributed by atoms with Gasteiger partial charge in [0.2, 0.25) is 5.89 Å². The van der Waals surface area contributed by atoms with Crippen LogP contribution in [0.15, 0.2) is 76.2 Å². The minimum absolute atomic E-state index is 0.155. The molecule has 3 aromatic heterocycles. The average Bonchev–Trinajstić information content (AvgIpc) is 3.46. The van der Waals surface area contributed by atoms with E-state index in [9.17, 15) is 4.79 Å². The molecule has 0 aliphatic heterocycles. The molecule has 8 heteroatoms. The molecule has 0 aliphatic carbocycles. The lowest BCUT2D eigenvalue weighted by molar-refractivity contribution is 0.309. The van der Waals surface area contributed by atoms with Crippen molar-refractivity contribution < 1.29 is 9.15 Å². The molecule has 0 spiro atoms. The van der Waals surface area contributed by atoms with Crippen LogP contribution in [-0.4, -0.2) is 25.8 Å². The number of oxazole rings is 1. The summed E-state index contributed by atoms with van der Waals surface area (Å²) in [6.45, 7) is 4.96. The van der Waals surface area contributed by atoms with Gasteiger partial charge in [0.1, 0.15) is 22.7 Å². The lowest BCUT2D eigenvalue weighted by atomic mass is 10.1. The van der Waals surface area contributed by atoms with E-state index >= 15 is 0 Å². The third-order valence-corrected chi connectivity index (χ3v) is 6.04. The summed E-state index contributed by atoms with van der Waals surface area (Å²) in [6, 6.07) is 16.9. The largest absolute Gasteiger partial charge is 0.494 e. The van der Waals surface area contributed by atoms with Crippen LogP contribution in [0.25, 0.3) is 28.2 Å². The zero-order chi connectivity index (χ0) is 24.4. The van der Waals surface area contributed by atoms with Crippen molar-refractivity contribution in [1.82, 2.24) is 19.2 Å². The maximum atomic E-state index is 13.2. The Morgan fingerprint density at radius 2 is 1.89 bits per heavy atom. The topological polar surface area (TPSA) is 74.6 Å². The van der Waals surface area contributed by atoms with Crippen molar-refractivity contribution in [2.75, 3.05) is 6.61 Å². The van der Waals surface area contributed by atoms with Crippen molar-refractivity contribution in [2.24, 2.45) is 0 Å². The molecule has 0 unspecified atom stereocenters. The fourth-order valence-electron chi connectivity index (χ4n) is 3.83. The van der Waals surface area contributed by atoms with E-state index in [4.69, 9.17) is 20.8 Å². The van der Waals surface area contributed by atoms with Gasteiger partial charge in [-0.3, -0.25) is 4.79 Å². The quantitative estimate of drug-likeness (QED) is 0.250. The molecule has 0 atom stereocenters. The standard InChI is InChI=1S/C27H25ClN4O3/c1-3-4-14-34-22-10-8-19(9-11-22)23-16-25-27(33)31(12-13-32(25)30-23)17-24-18(2)35-26(29-24)20-6-5-7-21(28)15-20/h5-13,15-16H,3-4,14,17H2,1-2H3. The average molecular weight is 489 g/mol. The lowest BCUT2D eigenvalue weighted by Crippen LogP contribution is -2.22. The maximum Gasteiger partial charge on any atom is 0.276 e. The summed E-state index contributed by atoms with van der Waals surface area (Å²) in [7, 11) is 0. The van der Waals surface area contributed by atoms with Gasteiger partial charge in [0.15, 0.2) is 0 Å². The van der Waals surface area contributed by atoms with E-state index < -0.39 is 0 Å². The maximum absolute atomic E-state index is 13.2. The Labute approximate surface area is 207 Å². The van der Waals surface area contributed by atoms with Gasteiger partial charge in [0.25, 0.3) is 5.56 Å². The summed E-state index contributed by atoms with van der Waals surface area (Å²) in [5.74, 6) is 1.96. The summed E-state index contributed by atoms with van der Waals surface area (Å²) < 4.78 is 14.8. The molecule has 0 bridgehead atoms. The molecule has 35 heavy (non-hydrogen) atoms. The van der Waals surface area contributed by atoms with Crippen LogP contribution < -0.4 is 10.3 Å². The summed E-state index contributed by atoms with van der Waals surface area (Å²) in [6.07, 6.45) is 5.60. The normalized spacial score (nSPS) is 11.3. The van der Waals surface area contributed by atoms with E-state index in [1.807, 2.05) is 43.3 Å². The first-order chi connectivity index (χ1) is 17.0. The molecule has 0 radical (unpaired) electrons. The van der Waals surface area contributed by atoms with Crippen LogP contribution in [0.5, 0.6) is 5.75 Å². The number of aromatic nitrogens is 4. The minimum atomic E-state index is -0.155. The van der Waals surface area contributed by atoms with E-state index in [1.165, 1.54) is 0 Å². The van der Waals surface area contributed by atoms with Crippen molar-refractivity contribution in [2.45, 2.75) is 33.2 Å². The number of unbranched alkanes of at least 4 members (excludes halogenated alkanes) is 1. The number of nitrogens with zero attached hydrogens (tertiary/aromatic N) is 4. The molecule has 0 aliphatic rings. The van der Waals surface area contributed by atoms with Crippen molar-refractivity contribution in [3.05, 3.63) is 93.8 Å². The molecule has 178 valence electrons. The SMILES string of the molecule is CCCCOc1ccc(-c2cc3c(=O)n(Cc4nc(-c5cccc(Cl)c5)oc4C)ccn3n2)cc1. The van der Waals surface area contributed by atoms with Crippen LogP contribution in [0.3, 0.4) is 0 Å². The van der Waals surface area contributed by atoms with E-state index in [-0.39, 0.29) is 12.1 Å². The van der Waals surface area contributed by atoms with Crippen LogP contribution in [0.4, 0.5) is 0 Å². The van der Waals surface area contributed by atoms with Gasteiger partial charge in [-0.15, -0.1) is 0 Å². The number of hydrogen-bond donors (Lipinski definition) is 0. The Kier molecular flexibility index (Phi) is 6.42. The fourth-order valence-corrected chi connectivity index (χ4v) is 4.02. The van der Waals surface area contributed by atoms with Gasteiger partial charge in [-0.1, -0.05) is 31.0 Å². The van der Waals surface area contributed by atoms with E-state index in [1.54, 1.807) is 39.7 Å². The molecule has 2 aromatic carbocycles. The highest BCUT2D eigenvalue weighted by molar-refractivity contribution is 6.30. The highest BCUT2D eigenvalue weighted by Gasteiger charge is 2.15. The smallest absolute Gasteiger partial charge is 0.276 e. The van der Waals surface area contributed by atoms with Gasteiger partial charge in [-0.05, 0) is 61.9 Å². The zero-order valence-corrected chi connectivity index (χ0v) is 20.3. The molecular weight excluding hydrogens is 464 g/mol. The number of benzene rings is 2. The first-order valence-electron chi connectivity index (χ1n) is 11.6. The molecule has 0 saturated carbocycles. The summed E-state index contributed by atoms with van der Waals surface area (Å²) in [5.41, 5.74) is 3.45. The van der Waals surface area contributed by atoms with Crippen LogP contribution in [0, 0.1) is 6.92 Å². The van der Waals surface area contributed by atoms with E-state index in [0.717, 1.165) is 35.4 Å². The predicted octanol–water partition coefficient (Wildman–Crippen LogP) is 6.01. The summed E-state index contributed by atoms with van der Waals surface area (Å²) in [5, 5.41) is 5.19. The monoisotopic (exact) mass is 488 g/mol. The van der Waals surface area contributed by atoms with Crippen molar-refractivity contribution in [1.29, 1.82) is 0 Å². The van der Waals surface area contributed by atoms with Crippen molar-refractivity contribution in [3.63, 3.8) is 0 Å². The highest BCUT2D eigenvalue weighted by atomic mass is 35.5. The van der Waals surface area contributed by atoms with Crippen LogP contribution in [0.1, 0.15) is 31.2 Å².